The Balaban J connectivity index is 2.60. The quantitative estimate of drug-likeness (QED) is 0.366. The minimum Gasteiger partial charge on any atom is -0.482 e. The molecule has 23 heavy (non-hydrogen) atoms. The Hall–Kier alpha value is -1.81. The number of hydrogen-bond acceptors (Lipinski definition) is 4. The highest BCUT2D eigenvalue weighted by Crippen LogP contribution is 2.35. The second-order valence-corrected chi connectivity index (χ2v) is 6.28. The number of benzene rings is 1. The first-order chi connectivity index (χ1) is 10.9. The van der Waals surface area contributed by atoms with Crippen molar-refractivity contribution in [1.82, 2.24) is 0 Å². The van der Waals surface area contributed by atoms with Gasteiger partial charge in [-0.3, -0.25) is 0 Å². The molecule has 0 N–H and O–H groups in total. The van der Waals surface area contributed by atoms with Gasteiger partial charge in [-0.1, -0.05) is 39.0 Å². The smallest absolute Gasteiger partial charge is 0.346 e. The van der Waals surface area contributed by atoms with Gasteiger partial charge in [-0.2, -0.15) is 0 Å². The summed E-state index contributed by atoms with van der Waals surface area (Å²) in [7, 11) is 1.46. The van der Waals surface area contributed by atoms with E-state index in [0.29, 0.717) is 11.7 Å². The van der Waals surface area contributed by atoms with Crippen molar-refractivity contribution in [2.24, 2.45) is 5.41 Å². The molecule has 0 amide bonds. The lowest BCUT2D eigenvalue weighted by Crippen LogP contribution is -2.16. The third-order valence-corrected chi connectivity index (χ3v) is 3.86. The number of ether oxygens (including phenoxy) is 3. The van der Waals surface area contributed by atoms with E-state index in [1.54, 1.807) is 0 Å². The zero-order valence-corrected chi connectivity index (χ0v) is 14.6. The van der Waals surface area contributed by atoms with E-state index in [-0.39, 0.29) is 18.8 Å². The monoisotopic (exact) mass is 320 g/mol. The molecule has 0 aliphatic carbocycles. The van der Waals surface area contributed by atoms with E-state index in [9.17, 15) is 4.79 Å². The molecule has 0 heterocycles. The van der Waals surface area contributed by atoms with Crippen LogP contribution in [0.25, 0.3) is 0 Å². The Morgan fingerprint density at radius 2 is 1.96 bits per heavy atom. The number of hydrogen-bond donors (Lipinski definition) is 0. The second-order valence-electron chi connectivity index (χ2n) is 6.28. The van der Waals surface area contributed by atoms with Crippen LogP contribution in [-0.4, -0.2) is 26.5 Å². The van der Waals surface area contributed by atoms with Crippen molar-refractivity contribution in [2.45, 2.75) is 39.5 Å². The van der Waals surface area contributed by atoms with Crippen molar-refractivity contribution in [3.05, 3.63) is 42.5 Å². The molecular weight excluding hydrogens is 292 g/mol. The average Bonchev–Trinajstić information content (AvgIpc) is 2.56. The van der Waals surface area contributed by atoms with Crippen molar-refractivity contribution >= 4 is 5.97 Å². The molecule has 0 radical (unpaired) electrons. The highest BCUT2D eigenvalue weighted by Gasteiger charge is 2.20. The molecule has 4 nitrogen and oxygen atoms in total. The fourth-order valence-corrected chi connectivity index (χ4v) is 2.36. The van der Waals surface area contributed by atoms with E-state index in [4.69, 9.17) is 9.47 Å². The van der Waals surface area contributed by atoms with Gasteiger partial charge >= 0.3 is 5.97 Å². The van der Waals surface area contributed by atoms with Gasteiger partial charge < -0.3 is 14.2 Å². The van der Waals surface area contributed by atoms with Gasteiger partial charge in [0.15, 0.2) is 13.4 Å². The van der Waals surface area contributed by atoms with Crippen LogP contribution in [0.3, 0.4) is 0 Å². The standard InChI is InChI=1S/C19H28O4/c1-6-15(12-19(3,4)7-2)16-8-10-17(11-9-16)22-13-18(20)23-14-21-5/h7-11,15H,2,6,12-14H2,1,3-5H3. The summed E-state index contributed by atoms with van der Waals surface area (Å²) < 4.78 is 14.8. The van der Waals surface area contributed by atoms with Crippen LogP contribution in [0.2, 0.25) is 0 Å². The van der Waals surface area contributed by atoms with E-state index >= 15 is 0 Å². The summed E-state index contributed by atoms with van der Waals surface area (Å²) in [6.07, 6.45) is 4.14. The van der Waals surface area contributed by atoms with Gasteiger partial charge in [0.25, 0.3) is 0 Å². The maximum Gasteiger partial charge on any atom is 0.346 e. The summed E-state index contributed by atoms with van der Waals surface area (Å²) in [6, 6.07) is 7.90. The van der Waals surface area contributed by atoms with Crippen LogP contribution >= 0.6 is 0 Å². The minimum atomic E-state index is -0.449. The number of carbonyl (C=O) groups is 1. The first kappa shape index (κ1) is 19.2. The lowest BCUT2D eigenvalue weighted by molar-refractivity contribution is -0.156. The van der Waals surface area contributed by atoms with Crippen molar-refractivity contribution in [3.63, 3.8) is 0 Å². The molecule has 0 aliphatic heterocycles. The molecule has 1 rings (SSSR count). The fraction of sp³-hybridized carbons (Fsp3) is 0.526. The molecule has 1 aromatic rings. The summed E-state index contributed by atoms with van der Waals surface area (Å²) in [5.74, 6) is 0.680. The molecule has 1 atom stereocenters. The van der Waals surface area contributed by atoms with Gasteiger partial charge in [0.05, 0.1) is 0 Å². The Kier molecular flexibility index (Phi) is 7.83. The Bertz CT molecular complexity index is 491. The van der Waals surface area contributed by atoms with Crippen LogP contribution < -0.4 is 4.74 Å². The maximum atomic E-state index is 11.3. The predicted octanol–water partition coefficient (Wildman–Crippen LogP) is 4.31. The average molecular weight is 320 g/mol. The Morgan fingerprint density at radius 3 is 2.48 bits per heavy atom. The zero-order valence-electron chi connectivity index (χ0n) is 14.6. The summed E-state index contributed by atoms with van der Waals surface area (Å²) >= 11 is 0. The topological polar surface area (TPSA) is 44.8 Å². The van der Waals surface area contributed by atoms with Crippen molar-refractivity contribution in [1.29, 1.82) is 0 Å². The minimum absolute atomic E-state index is 0.0571. The lowest BCUT2D eigenvalue weighted by Gasteiger charge is -2.26. The van der Waals surface area contributed by atoms with Gasteiger partial charge in [0, 0.05) is 7.11 Å². The van der Waals surface area contributed by atoms with Crippen LogP contribution in [0.1, 0.15) is 45.1 Å². The highest BCUT2D eigenvalue weighted by atomic mass is 16.7. The lowest BCUT2D eigenvalue weighted by atomic mass is 9.79. The van der Waals surface area contributed by atoms with Crippen molar-refractivity contribution < 1.29 is 19.0 Å². The predicted molar refractivity (Wildman–Crippen MR) is 91.5 cm³/mol. The van der Waals surface area contributed by atoms with E-state index in [1.165, 1.54) is 12.7 Å². The third kappa shape index (κ3) is 6.87. The summed E-state index contributed by atoms with van der Waals surface area (Å²) in [4.78, 5) is 11.3. The maximum absolute atomic E-state index is 11.3. The molecule has 0 aromatic heterocycles. The summed E-state index contributed by atoms with van der Waals surface area (Å²) in [5, 5.41) is 0. The second kappa shape index (κ2) is 9.36. The van der Waals surface area contributed by atoms with Gasteiger partial charge in [-0.15, -0.1) is 6.58 Å². The molecule has 1 aromatic carbocycles. The first-order valence-electron chi connectivity index (χ1n) is 7.92. The molecule has 128 valence electrons. The van der Waals surface area contributed by atoms with Crippen molar-refractivity contribution in [2.75, 3.05) is 20.5 Å². The number of esters is 1. The third-order valence-electron chi connectivity index (χ3n) is 3.86. The van der Waals surface area contributed by atoms with E-state index in [2.05, 4.69) is 44.2 Å². The molecule has 0 aliphatic rings. The van der Waals surface area contributed by atoms with Crippen LogP contribution in [-0.2, 0) is 14.3 Å². The number of allylic oxidation sites excluding steroid dienone is 1. The highest BCUT2D eigenvalue weighted by molar-refractivity contribution is 5.71. The van der Waals surface area contributed by atoms with Gasteiger partial charge in [0.1, 0.15) is 5.75 Å². The molecule has 0 saturated carbocycles. The zero-order chi connectivity index (χ0) is 17.3. The van der Waals surface area contributed by atoms with E-state index in [1.807, 2.05) is 18.2 Å². The Morgan fingerprint density at radius 1 is 1.30 bits per heavy atom. The van der Waals surface area contributed by atoms with Crippen LogP contribution in [0.4, 0.5) is 0 Å². The molecule has 0 saturated heterocycles. The molecule has 0 spiro atoms. The van der Waals surface area contributed by atoms with Crippen LogP contribution in [0.15, 0.2) is 36.9 Å². The Labute approximate surface area is 139 Å². The van der Waals surface area contributed by atoms with Crippen LogP contribution in [0.5, 0.6) is 5.75 Å². The van der Waals surface area contributed by atoms with Crippen LogP contribution in [0, 0.1) is 5.41 Å². The molecule has 0 bridgehead atoms. The number of carbonyl (C=O) groups excluding carboxylic acids is 1. The molecule has 4 heteroatoms. The first-order valence-corrected chi connectivity index (χ1v) is 7.92. The molecule has 0 fully saturated rings. The van der Waals surface area contributed by atoms with E-state index < -0.39 is 5.97 Å². The normalized spacial score (nSPS) is 12.5. The molecular formula is C19H28O4. The van der Waals surface area contributed by atoms with Crippen molar-refractivity contribution in [3.8, 4) is 5.75 Å². The fourth-order valence-electron chi connectivity index (χ4n) is 2.36. The number of rotatable bonds is 10. The summed E-state index contributed by atoms with van der Waals surface area (Å²) in [6.45, 7) is 10.3. The van der Waals surface area contributed by atoms with Gasteiger partial charge in [-0.05, 0) is 41.9 Å². The number of methoxy groups -OCH3 is 1. The molecule has 1 unspecified atom stereocenters. The van der Waals surface area contributed by atoms with Gasteiger partial charge in [-0.25, -0.2) is 4.79 Å². The SMILES string of the molecule is C=CC(C)(C)CC(CC)c1ccc(OCC(=O)OCOC)cc1. The van der Waals surface area contributed by atoms with E-state index in [0.717, 1.165) is 12.8 Å². The largest absolute Gasteiger partial charge is 0.482 e. The summed E-state index contributed by atoms with van der Waals surface area (Å²) in [5.41, 5.74) is 1.39. The van der Waals surface area contributed by atoms with Gasteiger partial charge in [0.2, 0.25) is 0 Å².